The van der Waals surface area contributed by atoms with Crippen LogP contribution in [-0.4, -0.2) is 12.6 Å². The molecule has 0 saturated heterocycles. The van der Waals surface area contributed by atoms with Crippen LogP contribution in [0, 0.1) is 16.7 Å². The molecule has 86 valence electrons. The molecule has 3 heteroatoms. The summed E-state index contributed by atoms with van der Waals surface area (Å²) in [5.74, 6) is 0. The summed E-state index contributed by atoms with van der Waals surface area (Å²) in [7, 11) is 0. The molecule has 1 saturated carbocycles. The Bertz CT molecular complexity index is 360. The number of nitriles is 1. The third-order valence-electron chi connectivity index (χ3n) is 3.32. The summed E-state index contributed by atoms with van der Waals surface area (Å²) >= 11 is 1.82. The first-order chi connectivity index (χ1) is 7.74. The zero-order valence-electron chi connectivity index (χ0n) is 9.70. The fourth-order valence-corrected chi connectivity index (χ4v) is 2.79. The maximum Gasteiger partial charge on any atom is 0.0628 e. The van der Waals surface area contributed by atoms with Crippen LogP contribution in [0.1, 0.15) is 31.1 Å². The fraction of sp³-hybridized carbons (Fsp3) is 0.615. The summed E-state index contributed by atoms with van der Waals surface area (Å²) in [6, 6.07) is 7.10. The quantitative estimate of drug-likeness (QED) is 0.821. The molecule has 1 atom stereocenters. The zero-order chi connectivity index (χ0) is 11.4. The Hall–Kier alpha value is -0.850. The van der Waals surface area contributed by atoms with Gasteiger partial charge in [0.05, 0.1) is 6.07 Å². The molecule has 1 aromatic rings. The van der Waals surface area contributed by atoms with Crippen LogP contribution < -0.4 is 5.32 Å². The highest BCUT2D eigenvalue weighted by molar-refractivity contribution is 7.09. The third-order valence-corrected chi connectivity index (χ3v) is 4.22. The van der Waals surface area contributed by atoms with Crippen LogP contribution in [0.2, 0.25) is 0 Å². The Morgan fingerprint density at radius 1 is 1.62 bits per heavy atom. The highest BCUT2D eigenvalue weighted by atomic mass is 32.1. The molecule has 1 aliphatic rings. The molecule has 1 heterocycles. The molecule has 1 aliphatic carbocycles. The first kappa shape index (κ1) is 11.6. The first-order valence-corrected chi connectivity index (χ1v) is 6.75. The van der Waals surface area contributed by atoms with Gasteiger partial charge in [-0.25, -0.2) is 0 Å². The van der Waals surface area contributed by atoms with Gasteiger partial charge in [0.1, 0.15) is 0 Å². The van der Waals surface area contributed by atoms with Gasteiger partial charge in [-0.2, -0.15) is 5.26 Å². The molecule has 2 rings (SSSR count). The van der Waals surface area contributed by atoms with E-state index in [1.54, 1.807) is 0 Å². The lowest BCUT2D eigenvalue weighted by molar-refractivity contribution is 0.426. The highest BCUT2D eigenvalue weighted by Crippen LogP contribution is 2.47. The molecule has 0 aromatic carbocycles. The third kappa shape index (κ3) is 3.07. The average molecular weight is 234 g/mol. The number of hydrogen-bond acceptors (Lipinski definition) is 3. The Labute approximate surface area is 101 Å². The topological polar surface area (TPSA) is 35.8 Å². The molecule has 0 radical (unpaired) electrons. The SMILES string of the molecule is CC(Cc1cccs1)NCC1(CC#N)CC1. The number of nitrogens with one attached hydrogen (secondary N) is 1. The monoisotopic (exact) mass is 234 g/mol. The Kier molecular flexibility index (Phi) is 3.63. The summed E-state index contributed by atoms with van der Waals surface area (Å²) in [4.78, 5) is 1.44. The van der Waals surface area contributed by atoms with Crippen molar-refractivity contribution in [2.75, 3.05) is 6.54 Å². The van der Waals surface area contributed by atoms with Crippen molar-refractivity contribution in [2.24, 2.45) is 5.41 Å². The minimum atomic E-state index is 0.318. The van der Waals surface area contributed by atoms with Gasteiger partial charge < -0.3 is 5.32 Å². The van der Waals surface area contributed by atoms with Gasteiger partial charge in [0, 0.05) is 23.9 Å². The predicted molar refractivity (Wildman–Crippen MR) is 67.4 cm³/mol. The van der Waals surface area contributed by atoms with E-state index in [1.807, 2.05) is 11.3 Å². The second-order valence-corrected chi connectivity index (χ2v) is 5.93. The van der Waals surface area contributed by atoms with E-state index in [-0.39, 0.29) is 0 Å². The minimum absolute atomic E-state index is 0.318. The van der Waals surface area contributed by atoms with Gasteiger partial charge in [0.25, 0.3) is 0 Å². The summed E-state index contributed by atoms with van der Waals surface area (Å²) < 4.78 is 0. The van der Waals surface area contributed by atoms with Crippen LogP contribution in [0.5, 0.6) is 0 Å². The standard InChI is InChI=1S/C13H18N2S/c1-11(9-12-3-2-8-16-12)15-10-13(4-5-13)6-7-14/h2-3,8,11,15H,4-6,9-10H2,1H3. The van der Waals surface area contributed by atoms with Crippen molar-refractivity contribution < 1.29 is 0 Å². The second-order valence-electron chi connectivity index (χ2n) is 4.90. The number of hydrogen-bond donors (Lipinski definition) is 1. The molecular weight excluding hydrogens is 216 g/mol. The number of thiophene rings is 1. The largest absolute Gasteiger partial charge is 0.313 e. The molecule has 0 bridgehead atoms. The van der Waals surface area contributed by atoms with Crippen LogP contribution in [0.3, 0.4) is 0 Å². The maximum atomic E-state index is 8.74. The van der Waals surface area contributed by atoms with E-state index >= 15 is 0 Å². The van der Waals surface area contributed by atoms with Gasteiger partial charge in [-0.1, -0.05) is 6.07 Å². The summed E-state index contributed by atoms with van der Waals surface area (Å²) in [6.45, 7) is 3.23. The molecule has 1 fully saturated rings. The first-order valence-electron chi connectivity index (χ1n) is 5.87. The number of nitrogens with zero attached hydrogens (tertiary/aromatic N) is 1. The van der Waals surface area contributed by atoms with Crippen molar-refractivity contribution in [3.8, 4) is 6.07 Å². The molecule has 0 amide bonds. The van der Waals surface area contributed by atoms with Crippen LogP contribution in [0.15, 0.2) is 17.5 Å². The van der Waals surface area contributed by atoms with E-state index in [0.717, 1.165) is 13.0 Å². The van der Waals surface area contributed by atoms with Crippen LogP contribution in [0.4, 0.5) is 0 Å². The minimum Gasteiger partial charge on any atom is -0.313 e. The van der Waals surface area contributed by atoms with E-state index in [1.165, 1.54) is 17.7 Å². The highest BCUT2D eigenvalue weighted by Gasteiger charge is 2.42. The predicted octanol–water partition coefficient (Wildman–Crippen LogP) is 2.96. The summed E-state index contributed by atoms with van der Waals surface area (Å²) in [6.07, 6.45) is 4.25. The zero-order valence-corrected chi connectivity index (χ0v) is 10.5. The van der Waals surface area contributed by atoms with E-state index in [9.17, 15) is 0 Å². The molecule has 1 N–H and O–H groups in total. The molecule has 16 heavy (non-hydrogen) atoms. The van der Waals surface area contributed by atoms with Gasteiger partial charge in [-0.05, 0) is 43.0 Å². The lowest BCUT2D eigenvalue weighted by atomic mass is 10.0. The van der Waals surface area contributed by atoms with Crippen molar-refractivity contribution >= 4 is 11.3 Å². The molecule has 0 aliphatic heterocycles. The Balaban J connectivity index is 1.72. The van der Waals surface area contributed by atoms with Crippen molar-refractivity contribution in [3.05, 3.63) is 22.4 Å². The van der Waals surface area contributed by atoms with Crippen LogP contribution in [0.25, 0.3) is 0 Å². The average Bonchev–Trinajstić information content (AvgIpc) is 2.83. The Morgan fingerprint density at radius 3 is 3.00 bits per heavy atom. The summed E-state index contributed by atoms with van der Waals surface area (Å²) in [5, 5.41) is 14.4. The molecule has 2 nitrogen and oxygen atoms in total. The second kappa shape index (κ2) is 4.99. The van der Waals surface area contributed by atoms with E-state index in [2.05, 4.69) is 35.8 Å². The van der Waals surface area contributed by atoms with Gasteiger partial charge in [-0.15, -0.1) is 11.3 Å². The normalized spacial score (nSPS) is 19.0. The van der Waals surface area contributed by atoms with Crippen LogP contribution >= 0.6 is 11.3 Å². The van der Waals surface area contributed by atoms with Crippen molar-refractivity contribution in [2.45, 2.75) is 38.6 Å². The van der Waals surface area contributed by atoms with Gasteiger partial charge in [0.15, 0.2) is 0 Å². The van der Waals surface area contributed by atoms with E-state index < -0.39 is 0 Å². The van der Waals surface area contributed by atoms with E-state index in [0.29, 0.717) is 17.9 Å². The number of rotatable bonds is 6. The Morgan fingerprint density at radius 2 is 2.44 bits per heavy atom. The smallest absolute Gasteiger partial charge is 0.0628 e. The molecule has 1 aromatic heterocycles. The van der Waals surface area contributed by atoms with E-state index in [4.69, 9.17) is 5.26 Å². The molecule has 0 spiro atoms. The van der Waals surface area contributed by atoms with Crippen molar-refractivity contribution in [3.63, 3.8) is 0 Å². The van der Waals surface area contributed by atoms with Gasteiger partial charge in [0.2, 0.25) is 0 Å². The lowest BCUT2D eigenvalue weighted by Crippen LogP contribution is -2.33. The van der Waals surface area contributed by atoms with Gasteiger partial charge >= 0.3 is 0 Å². The maximum absolute atomic E-state index is 8.74. The summed E-state index contributed by atoms with van der Waals surface area (Å²) in [5.41, 5.74) is 0.318. The van der Waals surface area contributed by atoms with Crippen LogP contribution in [-0.2, 0) is 6.42 Å². The van der Waals surface area contributed by atoms with Crippen molar-refractivity contribution in [1.29, 1.82) is 5.26 Å². The lowest BCUT2D eigenvalue weighted by Gasteiger charge is -2.17. The fourth-order valence-electron chi connectivity index (χ4n) is 1.95. The van der Waals surface area contributed by atoms with Crippen molar-refractivity contribution in [1.82, 2.24) is 5.32 Å². The van der Waals surface area contributed by atoms with Gasteiger partial charge in [-0.3, -0.25) is 0 Å². The molecular formula is C13H18N2S. The molecule has 1 unspecified atom stereocenters.